The van der Waals surface area contributed by atoms with Crippen molar-refractivity contribution in [1.29, 1.82) is 0 Å². The molecule has 1 heterocycles. The highest BCUT2D eigenvalue weighted by molar-refractivity contribution is 5.82. The van der Waals surface area contributed by atoms with Gasteiger partial charge in [-0.25, -0.2) is 0 Å². The Balaban J connectivity index is 2.67. The Morgan fingerprint density at radius 3 is 2.60 bits per heavy atom. The van der Waals surface area contributed by atoms with Gasteiger partial charge in [-0.3, -0.25) is 0 Å². The molecule has 15 heavy (non-hydrogen) atoms. The van der Waals surface area contributed by atoms with Crippen molar-refractivity contribution >= 4 is 11.0 Å². The van der Waals surface area contributed by atoms with Gasteiger partial charge in [-0.2, -0.15) is 0 Å². The summed E-state index contributed by atoms with van der Waals surface area (Å²) in [5.74, 6) is 0. The highest BCUT2D eigenvalue weighted by Gasteiger charge is 2.19. The fourth-order valence-corrected chi connectivity index (χ4v) is 1.78. The first-order chi connectivity index (χ1) is 7.02. The second-order valence-electron chi connectivity index (χ2n) is 4.93. The number of hydrogen-bond donors (Lipinski definition) is 1. The van der Waals surface area contributed by atoms with Crippen LogP contribution in [-0.4, -0.2) is 0 Å². The highest BCUT2D eigenvalue weighted by Crippen LogP contribution is 2.31. The maximum Gasteiger partial charge on any atom is 0.134 e. The van der Waals surface area contributed by atoms with E-state index in [1.165, 1.54) is 10.9 Å². The minimum Gasteiger partial charge on any atom is -0.464 e. The molecule has 0 radical (unpaired) electrons. The molecule has 2 N–H and O–H groups in total. The molecule has 0 aliphatic rings. The molecule has 0 aliphatic heterocycles. The van der Waals surface area contributed by atoms with Crippen molar-refractivity contribution in [3.05, 3.63) is 35.6 Å². The van der Waals surface area contributed by atoms with Crippen LogP contribution in [-0.2, 0) is 12.0 Å². The van der Waals surface area contributed by atoms with Gasteiger partial charge in [0, 0.05) is 17.5 Å². The summed E-state index contributed by atoms with van der Waals surface area (Å²) in [6.45, 7) is 7.13. The van der Waals surface area contributed by atoms with E-state index in [-0.39, 0.29) is 5.41 Å². The summed E-state index contributed by atoms with van der Waals surface area (Å²) in [7, 11) is 0. The first-order valence-corrected chi connectivity index (χ1v) is 5.23. The number of nitrogens with two attached hydrogens (primary N) is 1. The van der Waals surface area contributed by atoms with E-state index in [0.29, 0.717) is 6.54 Å². The van der Waals surface area contributed by atoms with Crippen molar-refractivity contribution in [3.8, 4) is 0 Å². The van der Waals surface area contributed by atoms with Crippen LogP contribution in [0, 0.1) is 0 Å². The molecule has 1 aromatic carbocycles. The molecular weight excluding hydrogens is 186 g/mol. The third-order valence-corrected chi connectivity index (χ3v) is 2.68. The van der Waals surface area contributed by atoms with Gasteiger partial charge in [0.05, 0.1) is 6.26 Å². The van der Waals surface area contributed by atoms with Gasteiger partial charge in [0.1, 0.15) is 5.58 Å². The summed E-state index contributed by atoms with van der Waals surface area (Å²) in [5.41, 5.74) is 9.08. The summed E-state index contributed by atoms with van der Waals surface area (Å²) in [4.78, 5) is 0. The van der Waals surface area contributed by atoms with Crippen LogP contribution < -0.4 is 5.73 Å². The van der Waals surface area contributed by atoms with E-state index in [1.54, 1.807) is 0 Å². The third-order valence-electron chi connectivity index (χ3n) is 2.68. The topological polar surface area (TPSA) is 39.2 Å². The Hall–Kier alpha value is -1.28. The average Bonchev–Trinajstić information content (AvgIpc) is 2.59. The fourth-order valence-electron chi connectivity index (χ4n) is 1.78. The molecule has 0 saturated carbocycles. The zero-order valence-corrected chi connectivity index (χ0v) is 9.50. The summed E-state index contributed by atoms with van der Waals surface area (Å²) >= 11 is 0. The number of furan rings is 1. The molecule has 0 bridgehead atoms. The van der Waals surface area contributed by atoms with Crippen LogP contribution in [0.25, 0.3) is 11.0 Å². The van der Waals surface area contributed by atoms with Gasteiger partial charge in [-0.15, -0.1) is 0 Å². The Bertz CT molecular complexity index is 477. The lowest BCUT2D eigenvalue weighted by molar-refractivity contribution is 0.557. The van der Waals surface area contributed by atoms with Crippen LogP contribution in [0.2, 0.25) is 0 Å². The van der Waals surface area contributed by atoms with Gasteiger partial charge < -0.3 is 10.2 Å². The van der Waals surface area contributed by atoms with E-state index in [2.05, 4.69) is 26.8 Å². The number of hydrogen-bond acceptors (Lipinski definition) is 2. The van der Waals surface area contributed by atoms with E-state index < -0.39 is 0 Å². The van der Waals surface area contributed by atoms with E-state index in [1.807, 2.05) is 18.4 Å². The maximum absolute atomic E-state index is 5.64. The fraction of sp³-hybridized carbons (Fsp3) is 0.385. The molecular formula is C13H17NO. The van der Waals surface area contributed by atoms with Gasteiger partial charge in [0.15, 0.2) is 0 Å². The minimum absolute atomic E-state index is 0.110. The zero-order chi connectivity index (χ0) is 11.1. The van der Waals surface area contributed by atoms with Gasteiger partial charge >= 0.3 is 0 Å². The molecule has 0 saturated heterocycles. The normalized spacial score (nSPS) is 12.3. The van der Waals surface area contributed by atoms with Crippen LogP contribution in [0.15, 0.2) is 28.9 Å². The van der Waals surface area contributed by atoms with Crippen LogP contribution in [0.3, 0.4) is 0 Å². The molecule has 80 valence electrons. The lowest BCUT2D eigenvalue weighted by atomic mass is 9.86. The van der Waals surface area contributed by atoms with Crippen LogP contribution >= 0.6 is 0 Å². The second kappa shape index (κ2) is 3.38. The van der Waals surface area contributed by atoms with Crippen molar-refractivity contribution in [3.63, 3.8) is 0 Å². The number of fused-ring (bicyclic) bond motifs is 1. The van der Waals surface area contributed by atoms with Crippen molar-refractivity contribution in [2.24, 2.45) is 5.73 Å². The molecule has 0 spiro atoms. The molecule has 0 fully saturated rings. The quantitative estimate of drug-likeness (QED) is 0.773. The molecule has 0 unspecified atom stereocenters. The van der Waals surface area contributed by atoms with Gasteiger partial charge in [0.2, 0.25) is 0 Å². The molecule has 0 amide bonds. The van der Waals surface area contributed by atoms with Crippen LogP contribution in [0.4, 0.5) is 0 Å². The number of benzene rings is 1. The first kappa shape index (κ1) is 10.2. The van der Waals surface area contributed by atoms with Gasteiger partial charge in [-0.05, 0) is 23.1 Å². The van der Waals surface area contributed by atoms with E-state index >= 15 is 0 Å². The average molecular weight is 203 g/mol. The molecule has 0 aliphatic carbocycles. The molecule has 0 atom stereocenters. The Labute approximate surface area is 90.1 Å². The lowest BCUT2D eigenvalue weighted by Gasteiger charge is -2.16. The zero-order valence-electron chi connectivity index (χ0n) is 9.50. The Morgan fingerprint density at radius 1 is 1.27 bits per heavy atom. The van der Waals surface area contributed by atoms with Crippen LogP contribution in [0.5, 0.6) is 0 Å². The molecule has 2 nitrogen and oxygen atoms in total. The van der Waals surface area contributed by atoms with Crippen molar-refractivity contribution < 1.29 is 4.42 Å². The van der Waals surface area contributed by atoms with Crippen molar-refractivity contribution in [2.75, 3.05) is 0 Å². The van der Waals surface area contributed by atoms with E-state index in [9.17, 15) is 0 Å². The smallest absolute Gasteiger partial charge is 0.134 e. The Morgan fingerprint density at radius 2 is 2.00 bits per heavy atom. The molecule has 2 aromatic rings. The molecule has 2 heteroatoms. The van der Waals surface area contributed by atoms with E-state index in [4.69, 9.17) is 10.2 Å². The highest BCUT2D eigenvalue weighted by atomic mass is 16.3. The van der Waals surface area contributed by atoms with Crippen molar-refractivity contribution in [2.45, 2.75) is 32.7 Å². The summed E-state index contributed by atoms with van der Waals surface area (Å²) in [6.07, 6.45) is 1.85. The largest absolute Gasteiger partial charge is 0.464 e. The predicted molar refractivity (Wildman–Crippen MR) is 62.8 cm³/mol. The van der Waals surface area contributed by atoms with Gasteiger partial charge in [0.25, 0.3) is 0 Å². The first-order valence-electron chi connectivity index (χ1n) is 5.23. The van der Waals surface area contributed by atoms with E-state index in [0.717, 1.165) is 11.1 Å². The van der Waals surface area contributed by atoms with Crippen molar-refractivity contribution in [1.82, 2.24) is 0 Å². The predicted octanol–water partition coefficient (Wildman–Crippen LogP) is 3.19. The summed E-state index contributed by atoms with van der Waals surface area (Å²) in [6, 6.07) is 6.13. The molecule has 2 rings (SSSR count). The number of rotatable bonds is 1. The third kappa shape index (κ3) is 1.77. The maximum atomic E-state index is 5.64. The monoisotopic (exact) mass is 203 g/mol. The second-order valence-corrected chi connectivity index (χ2v) is 4.93. The molecule has 1 aromatic heterocycles. The SMILES string of the molecule is CC(C)(C)c1coc2ccc(CN)cc12. The standard InChI is InChI=1S/C13H17NO/c1-13(2,3)11-8-15-12-5-4-9(7-14)6-10(11)12/h4-6,8H,7,14H2,1-3H3. The Kier molecular flexibility index (Phi) is 2.31. The minimum atomic E-state index is 0.110. The summed E-state index contributed by atoms with van der Waals surface area (Å²) in [5, 5.41) is 1.19. The summed E-state index contributed by atoms with van der Waals surface area (Å²) < 4.78 is 5.53. The van der Waals surface area contributed by atoms with Crippen LogP contribution in [0.1, 0.15) is 31.9 Å². The lowest BCUT2D eigenvalue weighted by Crippen LogP contribution is -2.10. The van der Waals surface area contributed by atoms with Gasteiger partial charge in [-0.1, -0.05) is 26.8 Å².